The molecular weight excluding hydrogens is 339 g/mol. The van der Waals surface area contributed by atoms with E-state index in [2.05, 4.69) is 29.1 Å². The zero-order chi connectivity index (χ0) is 18.8. The molecule has 9 heteroatoms. The van der Waals surface area contributed by atoms with E-state index < -0.39 is 16.4 Å². The van der Waals surface area contributed by atoms with Gasteiger partial charge in [0.05, 0.1) is 4.92 Å². The molecular formula is C17H21FN6O2. The number of benzene rings is 1. The molecule has 26 heavy (non-hydrogen) atoms. The van der Waals surface area contributed by atoms with Gasteiger partial charge >= 0.3 is 5.69 Å². The Balaban J connectivity index is 1.99. The lowest BCUT2D eigenvalue weighted by molar-refractivity contribution is -0.383. The number of anilines is 4. The van der Waals surface area contributed by atoms with Crippen LogP contribution in [0.2, 0.25) is 0 Å². The van der Waals surface area contributed by atoms with Gasteiger partial charge in [0.25, 0.3) is 0 Å². The van der Waals surface area contributed by atoms with Crippen LogP contribution < -0.4 is 16.0 Å². The van der Waals surface area contributed by atoms with Crippen molar-refractivity contribution < 1.29 is 9.31 Å². The van der Waals surface area contributed by atoms with Gasteiger partial charge in [-0.3, -0.25) is 10.1 Å². The van der Waals surface area contributed by atoms with Gasteiger partial charge in [-0.15, -0.1) is 0 Å². The highest BCUT2D eigenvalue weighted by Crippen LogP contribution is 2.33. The number of hydrogen-bond acceptors (Lipinski definition) is 7. The first-order valence-electron chi connectivity index (χ1n) is 8.43. The molecule has 1 aromatic carbocycles. The summed E-state index contributed by atoms with van der Waals surface area (Å²) in [5.74, 6) is 0.686. The maximum Gasteiger partial charge on any atom is 0.353 e. The predicted molar refractivity (Wildman–Crippen MR) is 97.9 cm³/mol. The minimum atomic E-state index is -0.619. The molecule has 3 N–H and O–H groups in total. The average Bonchev–Trinajstić information content (AvgIpc) is 2.55. The molecule has 0 unspecified atom stereocenters. The van der Waals surface area contributed by atoms with Gasteiger partial charge in [0.15, 0.2) is 0 Å². The Bertz CT molecular complexity index is 804. The van der Waals surface area contributed by atoms with Crippen LogP contribution in [0.25, 0.3) is 0 Å². The summed E-state index contributed by atoms with van der Waals surface area (Å²) < 4.78 is 13.1. The van der Waals surface area contributed by atoms with Crippen LogP contribution in [0, 0.1) is 27.8 Å². The SMILES string of the molecule is C[C@@H]1C[C@@H](C)CN(c2nc(N)c([N+](=O)[O-])c(Nc3ccc(F)cc3)n2)C1. The van der Waals surface area contributed by atoms with Gasteiger partial charge in [-0.05, 0) is 42.5 Å². The number of halogens is 1. The molecule has 0 amide bonds. The molecule has 1 aliphatic heterocycles. The van der Waals surface area contributed by atoms with Crippen LogP contribution in [-0.4, -0.2) is 28.0 Å². The third kappa shape index (κ3) is 3.81. The summed E-state index contributed by atoms with van der Waals surface area (Å²) in [6, 6.07) is 5.46. The van der Waals surface area contributed by atoms with Crippen molar-refractivity contribution in [2.45, 2.75) is 20.3 Å². The summed E-state index contributed by atoms with van der Waals surface area (Å²) in [7, 11) is 0. The van der Waals surface area contributed by atoms with Crippen LogP contribution in [-0.2, 0) is 0 Å². The van der Waals surface area contributed by atoms with Crippen molar-refractivity contribution in [2.24, 2.45) is 11.8 Å². The number of nitro groups is 1. The van der Waals surface area contributed by atoms with Gasteiger partial charge in [0.2, 0.25) is 17.6 Å². The molecule has 2 heterocycles. The molecule has 0 saturated carbocycles. The fourth-order valence-corrected chi connectivity index (χ4v) is 3.36. The normalized spacial score (nSPS) is 20.0. The highest BCUT2D eigenvalue weighted by molar-refractivity contribution is 5.74. The second-order valence-electron chi connectivity index (χ2n) is 6.85. The third-order valence-electron chi connectivity index (χ3n) is 4.34. The Morgan fingerprint density at radius 1 is 1.23 bits per heavy atom. The molecule has 2 aromatic rings. The summed E-state index contributed by atoms with van der Waals surface area (Å²) in [6.45, 7) is 5.82. The Kier molecular flexibility index (Phi) is 4.88. The molecule has 138 valence electrons. The van der Waals surface area contributed by atoms with E-state index in [1.807, 2.05) is 4.90 Å². The largest absolute Gasteiger partial charge is 0.378 e. The van der Waals surface area contributed by atoms with E-state index in [1.165, 1.54) is 24.3 Å². The number of hydrogen-bond donors (Lipinski definition) is 2. The molecule has 1 saturated heterocycles. The van der Waals surface area contributed by atoms with E-state index in [9.17, 15) is 14.5 Å². The minimum Gasteiger partial charge on any atom is -0.378 e. The first-order valence-corrected chi connectivity index (χ1v) is 8.43. The van der Waals surface area contributed by atoms with Gasteiger partial charge in [0, 0.05) is 18.8 Å². The van der Waals surface area contributed by atoms with Crippen molar-refractivity contribution in [2.75, 3.05) is 29.0 Å². The Morgan fingerprint density at radius 3 is 2.42 bits per heavy atom. The second kappa shape index (κ2) is 7.11. The maximum atomic E-state index is 13.1. The Hall–Kier alpha value is -2.97. The summed E-state index contributed by atoms with van der Waals surface area (Å²) in [5, 5.41) is 14.3. The molecule has 0 bridgehead atoms. The molecule has 8 nitrogen and oxygen atoms in total. The Labute approximate surface area is 150 Å². The molecule has 3 rings (SSSR count). The van der Waals surface area contributed by atoms with Gasteiger partial charge in [-0.25, -0.2) is 4.39 Å². The van der Waals surface area contributed by atoms with E-state index in [1.54, 1.807) is 0 Å². The average molecular weight is 360 g/mol. The third-order valence-corrected chi connectivity index (χ3v) is 4.34. The van der Waals surface area contributed by atoms with Crippen LogP contribution in [0.4, 0.5) is 33.3 Å². The van der Waals surface area contributed by atoms with E-state index >= 15 is 0 Å². The van der Waals surface area contributed by atoms with E-state index in [4.69, 9.17) is 5.73 Å². The number of rotatable bonds is 4. The summed E-state index contributed by atoms with van der Waals surface area (Å²) >= 11 is 0. The number of nitrogens with one attached hydrogen (secondary N) is 1. The fourth-order valence-electron chi connectivity index (χ4n) is 3.36. The van der Waals surface area contributed by atoms with Crippen molar-refractivity contribution >= 4 is 29.0 Å². The van der Waals surface area contributed by atoms with Crippen LogP contribution in [0.5, 0.6) is 0 Å². The van der Waals surface area contributed by atoms with E-state index in [0.29, 0.717) is 23.5 Å². The van der Waals surface area contributed by atoms with Crippen molar-refractivity contribution in [3.05, 3.63) is 40.2 Å². The lowest BCUT2D eigenvalue weighted by Crippen LogP contribution is -2.39. The molecule has 0 radical (unpaired) electrons. The summed E-state index contributed by atoms with van der Waals surface area (Å²) in [4.78, 5) is 21.3. The Morgan fingerprint density at radius 2 is 1.85 bits per heavy atom. The number of piperidine rings is 1. The number of nitrogens with zero attached hydrogens (tertiary/aromatic N) is 4. The molecule has 0 spiro atoms. The van der Waals surface area contributed by atoms with Crippen molar-refractivity contribution in [1.29, 1.82) is 0 Å². The van der Waals surface area contributed by atoms with Crippen molar-refractivity contribution in [3.63, 3.8) is 0 Å². The standard InChI is InChI=1S/C17H21FN6O2/c1-10-7-11(2)9-23(8-10)17-21-15(19)14(24(25)26)16(22-17)20-13-5-3-12(18)4-6-13/h3-6,10-11H,7-9H2,1-2H3,(H3,19,20,21,22)/t10-,11-/m1/s1. The quantitative estimate of drug-likeness (QED) is 0.635. The molecule has 2 atom stereocenters. The van der Waals surface area contributed by atoms with Crippen LogP contribution in [0.3, 0.4) is 0 Å². The first-order chi connectivity index (χ1) is 12.3. The lowest BCUT2D eigenvalue weighted by atomic mass is 9.92. The van der Waals surface area contributed by atoms with Crippen LogP contribution in [0.1, 0.15) is 20.3 Å². The van der Waals surface area contributed by atoms with Gasteiger partial charge < -0.3 is 16.0 Å². The van der Waals surface area contributed by atoms with E-state index in [-0.39, 0.29) is 11.6 Å². The molecule has 1 aromatic heterocycles. The zero-order valence-electron chi connectivity index (χ0n) is 14.6. The van der Waals surface area contributed by atoms with Crippen molar-refractivity contribution in [3.8, 4) is 0 Å². The van der Waals surface area contributed by atoms with E-state index in [0.717, 1.165) is 19.5 Å². The van der Waals surface area contributed by atoms with Crippen LogP contribution >= 0.6 is 0 Å². The predicted octanol–water partition coefficient (Wildman–Crippen LogP) is 3.33. The number of nitrogen functional groups attached to an aromatic ring is 1. The van der Waals surface area contributed by atoms with Gasteiger partial charge in [0.1, 0.15) is 5.82 Å². The lowest BCUT2D eigenvalue weighted by Gasteiger charge is -2.35. The summed E-state index contributed by atoms with van der Waals surface area (Å²) in [5.41, 5.74) is 5.94. The topological polar surface area (TPSA) is 110 Å². The summed E-state index contributed by atoms with van der Waals surface area (Å²) in [6.07, 6.45) is 1.11. The highest BCUT2D eigenvalue weighted by atomic mass is 19.1. The van der Waals surface area contributed by atoms with Crippen molar-refractivity contribution in [1.82, 2.24) is 9.97 Å². The molecule has 0 aliphatic carbocycles. The highest BCUT2D eigenvalue weighted by Gasteiger charge is 2.28. The maximum absolute atomic E-state index is 13.1. The minimum absolute atomic E-state index is 0.00464. The smallest absolute Gasteiger partial charge is 0.353 e. The second-order valence-corrected chi connectivity index (χ2v) is 6.85. The number of aromatic nitrogens is 2. The zero-order valence-corrected chi connectivity index (χ0v) is 14.6. The monoisotopic (exact) mass is 360 g/mol. The van der Waals surface area contributed by atoms with Gasteiger partial charge in [-0.1, -0.05) is 13.8 Å². The first kappa shape index (κ1) is 17.8. The molecule has 1 aliphatic rings. The molecule has 1 fully saturated rings. The fraction of sp³-hybridized carbons (Fsp3) is 0.412. The van der Waals surface area contributed by atoms with Gasteiger partial charge in [-0.2, -0.15) is 9.97 Å². The van der Waals surface area contributed by atoms with Crippen LogP contribution in [0.15, 0.2) is 24.3 Å². The number of nitrogens with two attached hydrogens (primary N) is 1.